The first-order valence-corrected chi connectivity index (χ1v) is 8.54. The van der Waals surface area contributed by atoms with Crippen LogP contribution in [0.2, 0.25) is 0 Å². The first kappa shape index (κ1) is 17.7. The molecule has 1 heterocycles. The molecule has 0 radical (unpaired) electrons. The van der Waals surface area contributed by atoms with Gasteiger partial charge >= 0.3 is 5.97 Å². The highest BCUT2D eigenvalue weighted by molar-refractivity contribution is 5.80. The lowest BCUT2D eigenvalue weighted by Gasteiger charge is -2.32. The fraction of sp³-hybridized carbons (Fsp3) is 0.238. The van der Waals surface area contributed by atoms with Crippen molar-refractivity contribution >= 4 is 18.0 Å². The van der Waals surface area contributed by atoms with Crippen molar-refractivity contribution in [2.45, 2.75) is 19.4 Å². The van der Waals surface area contributed by atoms with Gasteiger partial charge in [0.15, 0.2) is 0 Å². The molecule has 0 saturated carbocycles. The van der Waals surface area contributed by atoms with Crippen molar-refractivity contribution in [1.29, 1.82) is 0 Å². The van der Waals surface area contributed by atoms with Gasteiger partial charge < -0.3 is 14.4 Å². The molecule has 5 nitrogen and oxygen atoms in total. The van der Waals surface area contributed by atoms with Gasteiger partial charge in [0.1, 0.15) is 19.0 Å². The molecular weight excluding hydrogens is 330 g/mol. The van der Waals surface area contributed by atoms with Crippen molar-refractivity contribution in [3.63, 3.8) is 0 Å². The Kier molecular flexibility index (Phi) is 5.69. The first-order valence-electron chi connectivity index (χ1n) is 8.54. The molecule has 134 valence electrons. The molecule has 2 aromatic rings. The molecule has 1 unspecified atom stereocenters. The summed E-state index contributed by atoms with van der Waals surface area (Å²) in [6.45, 7) is 1.94. The van der Waals surface area contributed by atoms with Gasteiger partial charge in [0.25, 0.3) is 0 Å². The van der Waals surface area contributed by atoms with E-state index in [0.29, 0.717) is 0 Å². The van der Waals surface area contributed by atoms with Gasteiger partial charge in [-0.15, -0.1) is 0 Å². The standard InChI is InChI=1S/C21H21NO4/c1-16(23)22-12-11-17-7-5-6-10-19(17)20(22)15-21(24)26-14-13-25-18-8-3-2-4-9-18/h2-12,20H,13-15H2,1H3. The van der Waals surface area contributed by atoms with E-state index < -0.39 is 0 Å². The average molecular weight is 351 g/mol. The van der Waals surface area contributed by atoms with Crippen molar-refractivity contribution < 1.29 is 19.1 Å². The lowest BCUT2D eigenvalue weighted by molar-refractivity contribution is -0.146. The number of amides is 1. The highest BCUT2D eigenvalue weighted by Gasteiger charge is 2.28. The largest absolute Gasteiger partial charge is 0.490 e. The SMILES string of the molecule is CC(=O)N1C=Cc2ccccc2C1CC(=O)OCCOc1ccccc1. The van der Waals surface area contributed by atoms with E-state index in [4.69, 9.17) is 9.47 Å². The van der Waals surface area contributed by atoms with Crippen LogP contribution in [-0.2, 0) is 14.3 Å². The Labute approximate surface area is 152 Å². The summed E-state index contributed by atoms with van der Waals surface area (Å²) in [5.41, 5.74) is 1.96. The van der Waals surface area contributed by atoms with Crippen LogP contribution in [-0.4, -0.2) is 30.0 Å². The fourth-order valence-electron chi connectivity index (χ4n) is 2.96. The van der Waals surface area contributed by atoms with E-state index in [9.17, 15) is 9.59 Å². The predicted molar refractivity (Wildman–Crippen MR) is 98.3 cm³/mol. The highest BCUT2D eigenvalue weighted by atomic mass is 16.6. The molecular formula is C21H21NO4. The molecule has 0 aliphatic carbocycles. The summed E-state index contributed by atoms with van der Waals surface area (Å²) >= 11 is 0. The number of ether oxygens (including phenoxy) is 2. The van der Waals surface area contributed by atoms with E-state index in [1.807, 2.05) is 60.7 Å². The number of rotatable bonds is 6. The van der Waals surface area contributed by atoms with E-state index >= 15 is 0 Å². The Bertz CT molecular complexity index is 801. The molecule has 0 aromatic heterocycles. The average Bonchev–Trinajstić information content (AvgIpc) is 2.66. The number of carbonyl (C=O) groups excluding carboxylic acids is 2. The van der Waals surface area contributed by atoms with E-state index in [0.717, 1.165) is 16.9 Å². The summed E-state index contributed by atoms with van der Waals surface area (Å²) < 4.78 is 10.8. The predicted octanol–water partition coefficient (Wildman–Crippen LogP) is 3.57. The van der Waals surface area contributed by atoms with Crippen LogP contribution in [0.4, 0.5) is 0 Å². The van der Waals surface area contributed by atoms with Crippen LogP contribution in [0, 0.1) is 0 Å². The molecule has 0 N–H and O–H groups in total. The third-order valence-electron chi connectivity index (χ3n) is 4.19. The van der Waals surface area contributed by atoms with Crippen molar-refractivity contribution in [2.75, 3.05) is 13.2 Å². The summed E-state index contributed by atoms with van der Waals surface area (Å²) in [7, 11) is 0. The van der Waals surface area contributed by atoms with Gasteiger partial charge in [-0.1, -0.05) is 42.5 Å². The summed E-state index contributed by atoms with van der Waals surface area (Å²) in [5, 5.41) is 0. The van der Waals surface area contributed by atoms with Gasteiger partial charge in [-0.25, -0.2) is 0 Å². The third-order valence-corrected chi connectivity index (χ3v) is 4.19. The topological polar surface area (TPSA) is 55.8 Å². The number of hydrogen-bond acceptors (Lipinski definition) is 4. The summed E-state index contributed by atoms with van der Waals surface area (Å²) in [4.78, 5) is 25.8. The Morgan fingerprint density at radius 1 is 1.00 bits per heavy atom. The van der Waals surface area contributed by atoms with Gasteiger partial charge in [-0.3, -0.25) is 9.59 Å². The highest BCUT2D eigenvalue weighted by Crippen LogP contribution is 2.33. The second kappa shape index (κ2) is 8.34. The molecule has 2 aromatic carbocycles. The van der Waals surface area contributed by atoms with Crippen molar-refractivity contribution in [2.24, 2.45) is 0 Å². The van der Waals surface area contributed by atoms with Crippen LogP contribution in [0.5, 0.6) is 5.75 Å². The zero-order valence-corrected chi connectivity index (χ0v) is 14.6. The maximum atomic E-state index is 12.3. The Morgan fingerprint density at radius 2 is 1.73 bits per heavy atom. The maximum Gasteiger partial charge on any atom is 0.308 e. The quantitative estimate of drug-likeness (QED) is 0.590. The molecule has 3 rings (SSSR count). The molecule has 0 bridgehead atoms. The van der Waals surface area contributed by atoms with E-state index in [-0.39, 0.29) is 37.6 Å². The molecule has 5 heteroatoms. The molecule has 1 amide bonds. The normalized spacial score (nSPS) is 15.3. The first-order chi connectivity index (χ1) is 12.6. The van der Waals surface area contributed by atoms with Crippen LogP contribution >= 0.6 is 0 Å². The lowest BCUT2D eigenvalue weighted by atomic mass is 9.94. The monoisotopic (exact) mass is 351 g/mol. The fourth-order valence-corrected chi connectivity index (χ4v) is 2.96. The van der Waals surface area contributed by atoms with Gasteiger partial charge in [0.2, 0.25) is 5.91 Å². The Morgan fingerprint density at radius 3 is 2.50 bits per heavy atom. The number of esters is 1. The molecule has 26 heavy (non-hydrogen) atoms. The minimum atomic E-state index is -0.358. The zero-order valence-electron chi connectivity index (χ0n) is 14.6. The molecule has 1 atom stereocenters. The van der Waals surface area contributed by atoms with Crippen LogP contribution in [0.1, 0.15) is 30.5 Å². The van der Waals surface area contributed by atoms with E-state index in [1.54, 1.807) is 11.1 Å². The van der Waals surface area contributed by atoms with Crippen LogP contribution in [0.25, 0.3) is 6.08 Å². The number of benzene rings is 2. The van der Waals surface area contributed by atoms with Crippen molar-refractivity contribution in [1.82, 2.24) is 4.90 Å². The van der Waals surface area contributed by atoms with Crippen LogP contribution in [0.15, 0.2) is 60.8 Å². The minimum Gasteiger partial charge on any atom is -0.490 e. The van der Waals surface area contributed by atoms with Crippen LogP contribution < -0.4 is 4.74 Å². The summed E-state index contributed by atoms with van der Waals surface area (Å²) in [5.74, 6) is 0.265. The second-order valence-corrected chi connectivity index (χ2v) is 5.97. The third kappa shape index (κ3) is 4.30. The van der Waals surface area contributed by atoms with E-state index in [2.05, 4.69) is 0 Å². The van der Waals surface area contributed by atoms with Gasteiger partial charge in [0, 0.05) is 13.1 Å². The number of carbonyl (C=O) groups is 2. The number of para-hydroxylation sites is 1. The van der Waals surface area contributed by atoms with Crippen molar-refractivity contribution in [3.05, 3.63) is 71.9 Å². The summed E-state index contributed by atoms with van der Waals surface area (Å²) in [6, 6.07) is 16.7. The lowest BCUT2D eigenvalue weighted by Crippen LogP contribution is -2.32. The van der Waals surface area contributed by atoms with Gasteiger partial charge in [-0.05, 0) is 29.3 Å². The molecule has 0 spiro atoms. The number of fused-ring (bicyclic) bond motifs is 1. The smallest absolute Gasteiger partial charge is 0.308 e. The second-order valence-electron chi connectivity index (χ2n) is 5.97. The minimum absolute atomic E-state index is 0.103. The van der Waals surface area contributed by atoms with E-state index in [1.165, 1.54) is 6.92 Å². The Balaban J connectivity index is 1.56. The number of nitrogens with zero attached hydrogens (tertiary/aromatic N) is 1. The molecule has 0 fully saturated rings. The Hall–Kier alpha value is -3.08. The zero-order chi connectivity index (χ0) is 18.4. The van der Waals surface area contributed by atoms with Gasteiger partial charge in [-0.2, -0.15) is 0 Å². The van der Waals surface area contributed by atoms with Crippen LogP contribution in [0.3, 0.4) is 0 Å². The van der Waals surface area contributed by atoms with Crippen molar-refractivity contribution in [3.8, 4) is 5.75 Å². The maximum absolute atomic E-state index is 12.3. The van der Waals surface area contributed by atoms with Gasteiger partial charge in [0.05, 0.1) is 12.5 Å². The summed E-state index contributed by atoms with van der Waals surface area (Å²) in [6.07, 6.45) is 3.71. The number of hydrogen-bond donors (Lipinski definition) is 0. The molecule has 0 saturated heterocycles. The molecule has 1 aliphatic rings. The molecule has 1 aliphatic heterocycles.